The van der Waals surface area contributed by atoms with Crippen molar-refractivity contribution >= 4 is 17.7 Å². The summed E-state index contributed by atoms with van der Waals surface area (Å²) in [4.78, 5) is 48.9. The number of fused-ring (bicyclic) bond motifs is 1. The van der Waals surface area contributed by atoms with Gasteiger partial charge < -0.3 is 24.5 Å². The number of amides is 3. The third-order valence-corrected chi connectivity index (χ3v) is 9.82. The Morgan fingerprint density at radius 2 is 1.79 bits per heavy atom. The average molecular weight is 580 g/mol. The van der Waals surface area contributed by atoms with Crippen LogP contribution >= 0.6 is 0 Å². The SMILES string of the molecule is C=CCN(Cc1ccccc1)C(=O)[C@H]1[C@H]2C(=O)N([C@@H](CO)[C@@H](C)CC)C(C(=O)N(CC=C)C(C)(C)C)C23CC[C@]1(C)O3. The second-order valence-electron chi connectivity index (χ2n) is 13.5. The van der Waals surface area contributed by atoms with Gasteiger partial charge in [-0.3, -0.25) is 14.4 Å². The van der Waals surface area contributed by atoms with E-state index < -0.39 is 40.7 Å². The molecular formula is C34H49N3O5. The Morgan fingerprint density at radius 1 is 1.14 bits per heavy atom. The molecule has 2 unspecified atom stereocenters. The molecule has 3 fully saturated rings. The van der Waals surface area contributed by atoms with E-state index in [1.807, 2.05) is 71.9 Å². The van der Waals surface area contributed by atoms with Gasteiger partial charge in [-0.1, -0.05) is 62.8 Å². The Bertz CT molecular complexity index is 1200. The van der Waals surface area contributed by atoms with Gasteiger partial charge in [0.25, 0.3) is 0 Å². The first-order valence-electron chi connectivity index (χ1n) is 15.3. The number of aliphatic hydroxyl groups is 1. The van der Waals surface area contributed by atoms with E-state index in [0.717, 1.165) is 5.56 Å². The van der Waals surface area contributed by atoms with Gasteiger partial charge in [-0.2, -0.15) is 0 Å². The fourth-order valence-corrected chi connectivity index (χ4v) is 7.55. The number of rotatable bonds is 12. The number of hydrogen-bond donors (Lipinski definition) is 1. The topological polar surface area (TPSA) is 90.4 Å². The van der Waals surface area contributed by atoms with Gasteiger partial charge in [-0.05, 0) is 52.0 Å². The van der Waals surface area contributed by atoms with Gasteiger partial charge in [0.05, 0.1) is 30.1 Å². The van der Waals surface area contributed by atoms with Gasteiger partial charge in [-0.25, -0.2) is 0 Å². The predicted molar refractivity (Wildman–Crippen MR) is 163 cm³/mol. The third kappa shape index (κ3) is 5.21. The molecule has 4 rings (SSSR count). The lowest BCUT2D eigenvalue weighted by atomic mass is 9.66. The Balaban J connectivity index is 1.83. The minimum atomic E-state index is -1.17. The highest BCUT2D eigenvalue weighted by atomic mass is 16.5. The minimum Gasteiger partial charge on any atom is -0.394 e. The van der Waals surface area contributed by atoms with Crippen LogP contribution in [0, 0.1) is 17.8 Å². The van der Waals surface area contributed by atoms with E-state index in [1.54, 1.807) is 26.9 Å². The van der Waals surface area contributed by atoms with Crippen LogP contribution in [-0.2, 0) is 25.7 Å². The molecule has 8 nitrogen and oxygen atoms in total. The highest BCUT2D eigenvalue weighted by Crippen LogP contribution is 2.64. The number of carbonyl (C=O) groups excluding carboxylic acids is 3. The van der Waals surface area contributed by atoms with Gasteiger partial charge >= 0.3 is 0 Å². The number of nitrogens with zero attached hydrogens (tertiary/aromatic N) is 3. The first-order chi connectivity index (χ1) is 19.8. The van der Waals surface area contributed by atoms with Crippen LogP contribution in [0.4, 0.5) is 0 Å². The van der Waals surface area contributed by atoms with Crippen LogP contribution in [0.5, 0.6) is 0 Å². The number of hydrogen-bond acceptors (Lipinski definition) is 5. The lowest BCUT2D eigenvalue weighted by molar-refractivity contribution is -0.160. The average Bonchev–Trinajstić information content (AvgIpc) is 3.52. The molecule has 3 amide bonds. The third-order valence-electron chi connectivity index (χ3n) is 9.82. The molecule has 1 aromatic carbocycles. The molecule has 3 aliphatic rings. The summed E-state index contributed by atoms with van der Waals surface area (Å²) in [5.74, 6) is -2.34. The molecule has 0 saturated carbocycles. The van der Waals surface area contributed by atoms with E-state index in [-0.39, 0.29) is 30.2 Å². The lowest BCUT2D eigenvalue weighted by Gasteiger charge is -2.44. The summed E-state index contributed by atoms with van der Waals surface area (Å²) in [6, 6.07) is 8.21. The maximum Gasteiger partial charge on any atom is 0.249 e. The quantitative estimate of drug-likeness (QED) is 0.375. The smallest absolute Gasteiger partial charge is 0.249 e. The second-order valence-corrected chi connectivity index (χ2v) is 13.5. The van der Waals surface area contributed by atoms with Crippen molar-refractivity contribution in [1.29, 1.82) is 0 Å². The molecule has 1 N–H and O–H groups in total. The van der Waals surface area contributed by atoms with Crippen molar-refractivity contribution in [1.82, 2.24) is 14.7 Å². The van der Waals surface area contributed by atoms with Crippen LogP contribution in [0.1, 0.15) is 66.4 Å². The zero-order chi connectivity index (χ0) is 31.0. The molecule has 3 aliphatic heterocycles. The van der Waals surface area contributed by atoms with E-state index in [4.69, 9.17) is 4.74 Å². The van der Waals surface area contributed by atoms with Gasteiger partial charge in [0, 0.05) is 25.2 Å². The maximum absolute atomic E-state index is 14.7. The first kappa shape index (κ1) is 32.0. The van der Waals surface area contributed by atoms with Crippen molar-refractivity contribution in [2.24, 2.45) is 17.8 Å². The zero-order valence-corrected chi connectivity index (χ0v) is 26.2. The van der Waals surface area contributed by atoms with Crippen molar-refractivity contribution in [3.8, 4) is 0 Å². The Hall–Kier alpha value is -2.97. The summed E-state index contributed by atoms with van der Waals surface area (Å²) in [6.45, 7) is 20.3. The van der Waals surface area contributed by atoms with Crippen LogP contribution in [0.25, 0.3) is 0 Å². The van der Waals surface area contributed by atoms with Crippen molar-refractivity contribution in [3.63, 3.8) is 0 Å². The van der Waals surface area contributed by atoms with Gasteiger partial charge in [-0.15, -0.1) is 13.2 Å². The summed E-state index contributed by atoms with van der Waals surface area (Å²) in [7, 11) is 0. The summed E-state index contributed by atoms with van der Waals surface area (Å²) >= 11 is 0. The van der Waals surface area contributed by atoms with Crippen LogP contribution in [0.3, 0.4) is 0 Å². The number of aliphatic hydroxyl groups excluding tert-OH is 1. The monoisotopic (exact) mass is 579 g/mol. The van der Waals surface area contributed by atoms with E-state index >= 15 is 0 Å². The normalized spacial score (nSPS) is 29.6. The largest absolute Gasteiger partial charge is 0.394 e. The molecule has 3 saturated heterocycles. The molecule has 230 valence electrons. The first-order valence-corrected chi connectivity index (χ1v) is 15.3. The molecule has 2 bridgehead atoms. The fourth-order valence-electron chi connectivity index (χ4n) is 7.55. The molecular weight excluding hydrogens is 530 g/mol. The Kier molecular flexibility index (Phi) is 9.10. The van der Waals surface area contributed by atoms with Crippen LogP contribution in [-0.4, -0.2) is 86.0 Å². The molecule has 1 aromatic rings. The van der Waals surface area contributed by atoms with Crippen LogP contribution < -0.4 is 0 Å². The lowest BCUT2D eigenvalue weighted by Crippen LogP contribution is -2.62. The van der Waals surface area contributed by atoms with Gasteiger partial charge in [0.2, 0.25) is 17.7 Å². The zero-order valence-electron chi connectivity index (χ0n) is 26.2. The molecule has 0 aromatic heterocycles. The Morgan fingerprint density at radius 3 is 2.33 bits per heavy atom. The van der Waals surface area contributed by atoms with Crippen LogP contribution in [0.15, 0.2) is 55.6 Å². The predicted octanol–water partition coefficient (Wildman–Crippen LogP) is 4.19. The highest BCUT2D eigenvalue weighted by Gasteiger charge is 2.79. The molecule has 0 aliphatic carbocycles. The number of carbonyl (C=O) groups is 3. The number of benzene rings is 1. The summed E-state index contributed by atoms with van der Waals surface area (Å²) in [5.41, 5.74) is -1.63. The van der Waals surface area contributed by atoms with Crippen molar-refractivity contribution in [2.75, 3.05) is 19.7 Å². The highest BCUT2D eigenvalue weighted by molar-refractivity contribution is 5.99. The van der Waals surface area contributed by atoms with E-state index in [9.17, 15) is 19.5 Å². The van der Waals surface area contributed by atoms with E-state index in [2.05, 4.69) is 13.2 Å². The maximum atomic E-state index is 14.7. The van der Waals surface area contributed by atoms with Crippen LogP contribution in [0.2, 0.25) is 0 Å². The van der Waals surface area contributed by atoms with E-state index in [1.165, 1.54) is 0 Å². The summed E-state index contributed by atoms with van der Waals surface area (Å²) in [6.07, 6.45) is 5.15. The minimum absolute atomic E-state index is 0.0655. The second kappa shape index (κ2) is 12.0. The fraction of sp³-hybridized carbons (Fsp3) is 0.618. The molecule has 8 heteroatoms. The van der Waals surface area contributed by atoms with Crippen molar-refractivity contribution < 1.29 is 24.2 Å². The molecule has 7 atom stereocenters. The number of likely N-dealkylation sites (tertiary alicyclic amines) is 1. The molecule has 3 heterocycles. The number of ether oxygens (including phenoxy) is 1. The summed E-state index contributed by atoms with van der Waals surface area (Å²) in [5, 5.41) is 10.6. The molecule has 1 spiro atoms. The van der Waals surface area contributed by atoms with Crippen molar-refractivity contribution in [3.05, 3.63) is 61.2 Å². The van der Waals surface area contributed by atoms with Gasteiger partial charge in [0.15, 0.2) is 0 Å². The van der Waals surface area contributed by atoms with Gasteiger partial charge in [0.1, 0.15) is 11.6 Å². The standard InChI is InChI=1S/C34H49N3O5/c1-9-19-35(21-24-15-13-12-14-16-24)29(39)26-27-30(40)37(25(22-38)23(4)11-3)28(34(27)18-17-33(26,8)42-34)31(41)36(20-10-2)32(5,6)7/h9-10,12-16,23,25-28,38H,1-2,11,17-22H2,3-8H3/t23-,25-,26+,27-,28?,33-,34?/m0/s1. The van der Waals surface area contributed by atoms with Crippen molar-refractivity contribution in [2.45, 2.75) is 96.2 Å². The molecule has 42 heavy (non-hydrogen) atoms. The van der Waals surface area contributed by atoms with E-state index in [0.29, 0.717) is 38.9 Å². The molecule has 0 radical (unpaired) electrons. The Labute approximate surface area is 251 Å². The summed E-state index contributed by atoms with van der Waals surface area (Å²) < 4.78 is 6.88.